The van der Waals surface area contributed by atoms with Gasteiger partial charge in [0.05, 0.1) is 11.0 Å². The van der Waals surface area contributed by atoms with E-state index in [4.69, 9.17) is 5.11 Å². The number of aliphatic carboxylic acids is 1. The predicted molar refractivity (Wildman–Crippen MR) is 60.1 cm³/mol. The second kappa shape index (κ2) is 3.13. The van der Waals surface area contributed by atoms with Gasteiger partial charge in [0, 0.05) is 18.2 Å². The van der Waals surface area contributed by atoms with E-state index in [1.807, 2.05) is 24.3 Å². The van der Waals surface area contributed by atoms with Crippen LogP contribution in [0.2, 0.25) is 0 Å². The van der Waals surface area contributed by atoms with E-state index in [1.165, 1.54) is 0 Å². The fourth-order valence-electron chi connectivity index (χ4n) is 1.90. The van der Waals surface area contributed by atoms with Gasteiger partial charge in [0.25, 0.3) is 0 Å². The van der Waals surface area contributed by atoms with E-state index in [0.29, 0.717) is 6.42 Å². The van der Waals surface area contributed by atoms with Crippen molar-refractivity contribution in [3.05, 3.63) is 34.5 Å². The number of carboxylic acid groups (broad SMARTS) is 1. The molecule has 0 fully saturated rings. The van der Waals surface area contributed by atoms with Gasteiger partial charge in [0.2, 0.25) is 0 Å². The molecule has 0 spiro atoms. The zero-order valence-electron chi connectivity index (χ0n) is 8.34. The monoisotopic (exact) mass is 212 g/mol. The van der Waals surface area contributed by atoms with Crippen molar-refractivity contribution in [3.8, 4) is 0 Å². The van der Waals surface area contributed by atoms with Crippen LogP contribution in [0.5, 0.6) is 0 Å². The number of benzene rings is 1. The highest BCUT2D eigenvalue weighted by Crippen LogP contribution is 2.18. The summed E-state index contributed by atoms with van der Waals surface area (Å²) in [6.07, 6.45) is 5.83. The molecule has 4 nitrogen and oxygen atoms in total. The number of nitrogens with zero attached hydrogens (tertiary/aromatic N) is 2. The average molecular weight is 212 g/mol. The lowest BCUT2D eigenvalue weighted by atomic mass is 10.1. The van der Waals surface area contributed by atoms with Crippen molar-refractivity contribution < 1.29 is 9.90 Å². The molecule has 0 aliphatic carbocycles. The van der Waals surface area contributed by atoms with Gasteiger partial charge < -0.3 is 5.11 Å². The third-order valence-electron chi connectivity index (χ3n) is 2.69. The summed E-state index contributed by atoms with van der Waals surface area (Å²) in [5.41, 5.74) is 1.81. The quantitative estimate of drug-likeness (QED) is 0.742. The van der Waals surface area contributed by atoms with Crippen molar-refractivity contribution in [1.29, 1.82) is 0 Å². The largest absolute Gasteiger partial charge is 0.477 e. The fraction of sp³-hybridized carbons (Fsp3) is 0.0833. The summed E-state index contributed by atoms with van der Waals surface area (Å²) in [6.45, 7) is 0. The van der Waals surface area contributed by atoms with Crippen molar-refractivity contribution in [3.63, 3.8) is 0 Å². The van der Waals surface area contributed by atoms with Crippen molar-refractivity contribution in [2.45, 2.75) is 6.42 Å². The van der Waals surface area contributed by atoms with Gasteiger partial charge in [-0.1, -0.05) is 12.1 Å². The summed E-state index contributed by atoms with van der Waals surface area (Å²) < 4.78 is 0. The average Bonchev–Trinajstić information content (AvgIpc) is 2.76. The minimum atomic E-state index is -0.960. The molecule has 2 aliphatic rings. The topological polar surface area (TPSA) is 62.0 Å². The summed E-state index contributed by atoms with van der Waals surface area (Å²) in [6, 6.07) is 3.85. The molecule has 0 aromatic heterocycles. The van der Waals surface area contributed by atoms with E-state index in [0.717, 1.165) is 21.8 Å². The van der Waals surface area contributed by atoms with E-state index in [9.17, 15) is 4.79 Å². The molecular formula is C12H8N2O2. The van der Waals surface area contributed by atoms with Crippen molar-refractivity contribution >= 4 is 29.5 Å². The maximum Gasteiger partial charge on any atom is 0.350 e. The Morgan fingerprint density at radius 2 is 2.25 bits per heavy atom. The van der Waals surface area contributed by atoms with Gasteiger partial charge in [-0.15, -0.1) is 0 Å². The molecule has 2 heterocycles. The zero-order valence-corrected chi connectivity index (χ0v) is 8.34. The Kier molecular flexibility index (Phi) is 1.77. The highest BCUT2D eigenvalue weighted by molar-refractivity contribution is 6.37. The molecule has 3 rings (SSSR count). The molecule has 0 saturated heterocycles. The molecular weight excluding hydrogens is 204 g/mol. The molecule has 78 valence electrons. The first kappa shape index (κ1) is 9.03. The number of carbonyl (C=O) groups is 1. The Morgan fingerprint density at radius 3 is 3.06 bits per heavy atom. The molecule has 1 N–H and O–H groups in total. The normalized spacial score (nSPS) is 15.6. The predicted octanol–water partition coefficient (Wildman–Crippen LogP) is 0.632. The third kappa shape index (κ3) is 1.20. The molecule has 16 heavy (non-hydrogen) atoms. The van der Waals surface area contributed by atoms with Gasteiger partial charge in [0.1, 0.15) is 5.71 Å². The van der Waals surface area contributed by atoms with Crippen LogP contribution in [-0.2, 0) is 4.79 Å². The van der Waals surface area contributed by atoms with Crippen LogP contribution in [-0.4, -0.2) is 16.8 Å². The van der Waals surface area contributed by atoms with Gasteiger partial charge in [-0.25, -0.2) is 9.79 Å². The van der Waals surface area contributed by atoms with Crippen LogP contribution in [0.3, 0.4) is 0 Å². The highest BCUT2D eigenvalue weighted by atomic mass is 16.4. The standard InChI is InChI=1S/C12H8N2O2/c15-12(16)10-4-2-7-1-3-9-8(5-6-13-9)11(7)14-10/h1-3,5-6H,4H2,(H,15,16). The molecule has 4 heteroatoms. The Hall–Kier alpha value is -2.23. The number of rotatable bonds is 1. The molecule has 2 aliphatic heterocycles. The van der Waals surface area contributed by atoms with Gasteiger partial charge in [-0.3, -0.25) is 4.99 Å². The number of fused-ring (bicyclic) bond motifs is 3. The van der Waals surface area contributed by atoms with E-state index < -0.39 is 5.97 Å². The van der Waals surface area contributed by atoms with Crippen LogP contribution in [0.1, 0.15) is 12.0 Å². The lowest BCUT2D eigenvalue weighted by Crippen LogP contribution is -2.20. The molecule has 0 amide bonds. The van der Waals surface area contributed by atoms with Crippen LogP contribution >= 0.6 is 0 Å². The summed E-state index contributed by atoms with van der Waals surface area (Å²) in [5, 5.41) is 10.7. The van der Waals surface area contributed by atoms with Gasteiger partial charge in [0.15, 0.2) is 0 Å². The van der Waals surface area contributed by atoms with Crippen molar-refractivity contribution in [2.75, 3.05) is 0 Å². The van der Waals surface area contributed by atoms with Crippen LogP contribution in [0.4, 0.5) is 5.69 Å². The van der Waals surface area contributed by atoms with Crippen molar-refractivity contribution in [1.82, 2.24) is 0 Å². The van der Waals surface area contributed by atoms with Gasteiger partial charge in [-0.2, -0.15) is 0 Å². The molecule has 1 aromatic carbocycles. The van der Waals surface area contributed by atoms with Crippen LogP contribution in [0.25, 0.3) is 12.2 Å². The lowest BCUT2D eigenvalue weighted by Gasteiger charge is -2.08. The first-order valence-electron chi connectivity index (χ1n) is 4.94. The number of hydrogen-bond acceptors (Lipinski definition) is 3. The Bertz CT molecular complexity index is 669. The molecule has 0 radical (unpaired) electrons. The van der Waals surface area contributed by atoms with E-state index in [2.05, 4.69) is 9.98 Å². The summed E-state index contributed by atoms with van der Waals surface area (Å²) in [7, 11) is 0. The maximum absolute atomic E-state index is 10.9. The van der Waals surface area contributed by atoms with E-state index in [-0.39, 0.29) is 5.71 Å². The number of aliphatic imine (C=N–C) groups is 1. The minimum Gasteiger partial charge on any atom is -0.477 e. The Balaban J connectivity index is 2.31. The first-order chi connectivity index (χ1) is 7.75. The second-order valence-corrected chi connectivity index (χ2v) is 3.65. The maximum atomic E-state index is 10.9. The van der Waals surface area contributed by atoms with E-state index in [1.54, 1.807) is 6.20 Å². The fourth-order valence-corrected chi connectivity index (χ4v) is 1.90. The van der Waals surface area contributed by atoms with Crippen LogP contribution in [0, 0.1) is 0 Å². The van der Waals surface area contributed by atoms with Gasteiger partial charge in [-0.05, 0) is 17.4 Å². The molecule has 0 atom stereocenters. The molecule has 0 saturated carbocycles. The van der Waals surface area contributed by atoms with Crippen LogP contribution < -0.4 is 10.6 Å². The third-order valence-corrected chi connectivity index (χ3v) is 2.69. The molecule has 0 unspecified atom stereocenters. The Labute approximate surface area is 91.0 Å². The molecule has 0 bridgehead atoms. The molecule has 1 aromatic rings. The second-order valence-electron chi connectivity index (χ2n) is 3.65. The lowest BCUT2D eigenvalue weighted by molar-refractivity contribution is -0.129. The summed E-state index contributed by atoms with van der Waals surface area (Å²) in [4.78, 5) is 19.2. The number of carboxylic acids is 1. The Morgan fingerprint density at radius 1 is 1.38 bits per heavy atom. The zero-order chi connectivity index (χ0) is 11.1. The summed E-state index contributed by atoms with van der Waals surface area (Å²) >= 11 is 0. The smallest absolute Gasteiger partial charge is 0.350 e. The van der Waals surface area contributed by atoms with E-state index >= 15 is 0 Å². The van der Waals surface area contributed by atoms with Gasteiger partial charge >= 0.3 is 5.97 Å². The van der Waals surface area contributed by atoms with Crippen LogP contribution in [0.15, 0.2) is 28.3 Å². The SMILES string of the molecule is O=C(O)C1=Nc2c3c(ccc2=CC1)=NC=C3. The highest BCUT2D eigenvalue weighted by Gasteiger charge is 2.15. The summed E-state index contributed by atoms with van der Waals surface area (Å²) in [5.74, 6) is -0.960. The first-order valence-corrected chi connectivity index (χ1v) is 4.94. The minimum absolute atomic E-state index is 0.182. The number of hydrogen-bond donors (Lipinski definition) is 1. The van der Waals surface area contributed by atoms with Crippen molar-refractivity contribution in [2.24, 2.45) is 9.98 Å².